The number of fused-ring (bicyclic) bond motifs is 3. The minimum Gasteiger partial charge on any atom is -0.0819 e. The molecule has 3 rings (SSSR count). The molecule has 1 aliphatic carbocycles. The fraction of sp³-hybridized carbons (Fsp3) is 0.200. The second-order valence-electron chi connectivity index (χ2n) is 4.47. The molecule has 0 unspecified atom stereocenters. The summed E-state index contributed by atoms with van der Waals surface area (Å²) >= 11 is 6.12. The summed E-state index contributed by atoms with van der Waals surface area (Å²) in [5, 5.41) is 0. The van der Waals surface area contributed by atoms with Crippen LogP contribution >= 0.6 is 38.5 Å². The zero-order valence-electron chi connectivity index (χ0n) is 9.45. The van der Waals surface area contributed by atoms with Gasteiger partial charge >= 0.3 is 0 Å². The molecule has 0 amide bonds. The van der Waals surface area contributed by atoms with E-state index in [-0.39, 0.29) is 0 Å². The number of halogens is 2. The van der Waals surface area contributed by atoms with Gasteiger partial charge in [0, 0.05) is 14.3 Å². The van der Waals surface area contributed by atoms with Gasteiger partial charge in [0.2, 0.25) is 0 Å². The van der Waals surface area contributed by atoms with Crippen molar-refractivity contribution in [3.8, 4) is 11.1 Å². The third-order valence-electron chi connectivity index (χ3n) is 3.39. The summed E-state index contributed by atoms with van der Waals surface area (Å²) in [4.78, 5) is 0. The summed E-state index contributed by atoms with van der Waals surface area (Å²) in [6.07, 6.45) is 0. The van der Waals surface area contributed by atoms with Gasteiger partial charge in [-0.05, 0) is 34.4 Å². The van der Waals surface area contributed by atoms with Crippen LogP contribution in [0.1, 0.15) is 24.0 Å². The minimum absolute atomic E-state index is 0.527. The Kier molecular flexibility index (Phi) is 3.03. The molecule has 0 bridgehead atoms. The van der Waals surface area contributed by atoms with E-state index in [1.54, 1.807) is 0 Å². The van der Waals surface area contributed by atoms with Crippen LogP contribution in [0.25, 0.3) is 11.1 Å². The second kappa shape index (κ2) is 4.39. The molecule has 0 saturated carbocycles. The van der Waals surface area contributed by atoms with Gasteiger partial charge in [0.05, 0.1) is 0 Å². The molecule has 0 heterocycles. The Balaban J connectivity index is 2.29. The van der Waals surface area contributed by atoms with Gasteiger partial charge < -0.3 is 0 Å². The molecule has 0 saturated heterocycles. The normalized spacial score (nSPS) is 18.6. The smallest absolute Gasteiger partial charge is 0.0217 e. The van der Waals surface area contributed by atoms with Crippen LogP contribution in [0.15, 0.2) is 46.9 Å². The third-order valence-corrected chi connectivity index (χ3v) is 4.61. The lowest BCUT2D eigenvalue weighted by Gasteiger charge is -2.16. The van der Waals surface area contributed by atoms with E-state index in [1.165, 1.54) is 26.7 Å². The average Bonchev–Trinajstić information content (AvgIpc) is 2.62. The summed E-state index contributed by atoms with van der Waals surface area (Å²) in [6.45, 7) is 2.29. The van der Waals surface area contributed by atoms with Crippen LogP contribution in [-0.4, -0.2) is 3.92 Å². The van der Waals surface area contributed by atoms with E-state index in [0.29, 0.717) is 9.84 Å². The first-order chi connectivity index (χ1) is 8.18. The average molecular weight is 399 g/mol. The van der Waals surface area contributed by atoms with E-state index in [1.807, 2.05) is 0 Å². The zero-order chi connectivity index (χ0) is 12.0. The van der Waals surface area contributed by atoms with Crippen LogP contribution in [0.5, 0.6) is 0 Å². The molecule has 0 aromatic heterocycles. The molecular formula is C15H12BrI. The molecule has 2 heteroatoms. The molecule has 0 radical (unpaired) electrons. The highest BCUT2D eigenvalue weighted by molar-refractivity contribution is 14.1. The highest BCUT2D eigenvalue weighted by Crippen LogP contribution is 2.48. The first-order valence-electron chi connectivity index (χ1n) is 5.71. The Labute approximate surface area is 124 Å². The van der Waals surface area contributed by atoms with Crippen molar-refractivity contribution >= 4 is 38.5 Å². The molecular weight excluding hydrogens is 387 g/mol. The quantitative estimate of drug-likeness (QED) is 0.446. The Morgan fingerprint density at radius 2 is 1.76 bits per heavy atom. The monoisotopic (exact) mass is 398 g/mol. The van der Waals surface area contributed by atoms with Gasteiger partial charge in [-0.2, -0.15) is 0 Å². The molecule has 2 atom stereocenters. The Hall–Kier alpha value is -0.350. The number of hydrogen-bond acceptors (Lipinski definition) is 0. The van der Waals surface area contributed by atoms with E-state index in [4.69, 9.17) is 0 Å². The molecule has 2 aromatic carbocycles. The van der Waals surface area contributed by atoms with Crippen molar-refractivity contribution in [3.63, 3.8) is 0 Å². The van der Waals surface area contributed by atoms with Gasteiger partial charge in [0.25, 0.3) is 0 Å². The standard InChI is InChI=1S/C15H12BrI/c1-9(17)15-13-5-3-2-4-11(13)12-7-6-10(16)8-14(12)15/h2-9,15H,1H3/t9-,15+/m1/s1. The molecule has 2 aromatic rings. The second-order valence-corrected chi connectivity index (χ2v) is 7.35. The first-order valence-corrected chi connectivity index (χ1v) is 7.75. The maximum absolute atomic E-state index is 3.58. The van der Waals surface area contributed by atoms with Gasteiger partial charge in [0.1, 0.15) is 0 Å². The lowest BCUT2D eigenvalue weighted by Crippen LogP contribution is -2.06. The van der Waals surface area contributed by atoms with Crippen LogP contribution in [0, 0.1) is 0 Å². The topological polar surface area (TPSA) is 0 Å². The summed E-state index contributed by atoms with van der Waals surface area (Å²) < 4.78 is 1.77. The van der Waals surface area contributed by atoms with Crippen molar-refractivity contribution in [1.82, 2.24) is 0 Å². The fourth-order valence-electron chi connectivity index (χ4n) is 2.71. The van der Waals surface area contributed by atoms with Crippen LogP contribution in [-0.2, 0) is 0 Å². The van der Waals surface area contributed by atoms with E-state index < -0.39 is 0 Å². The van der Waals surface area contributed by atoms with Crippen LogP contribution < -0.4 is 0 Å². The highest BCUT2D eigenvalue weighted by atomic mass is 127. The summed E-state index contributed by atoms with van der Waals surface area (Å²) in [6, 6.07) is 15.4. The molecule has 0 spiro atoms. The number of hydrogen-bond donors (Lipinski definition) is 0. The van der Waals surface area contributed by atoms with E-state index in [2.05, 4.69) is 87.9 Å². The number of alkyl halides is 1. The van der Waals surface area contributed by atoms with Crippen molar-refractivity contribution in [2.45, 2.75) is 16.8 Å². The van der Waals surface area contributed by atoms with Gasteiger partial charge in [-0.15, -0.1) is 0 Å². The van der Waals surface area contributed by atoms with Gasteiger partial charge in [0.15, 0.2) is 0 Å². The van der Waals surface area contributed by atoms with Gasteiger partial charge in [-0.1, -0.05) is 75.8 Å². The lowest BCUT2D eigenvalue weighted by atomic mass is 9.94. The van der Waals surface area contributed by atoms with Crippen LogP contribution in [0.4, 0.5) is 0 Å². The summed E-state index contributed by atoms with van der Waals surface area (Å²) in [7, 11) is 0. The molecule has 0 aliphatic heterocycles. The van der Waals surface area contributed by atoms with E-state index >= 15 is 0 Å². The molecule has 1 aliphatic rings. The van der Waals surface area contributed by atoms with Gasteiger partial charge in [-0.25, -0.2) is 0 Å². The fourth-order valence-corrected chi connectivity index (χ4v) is 3.87. The van der Waals surface area contributed by atoms with Crippen molar-refractivity contribution < 1.29 is 0 Å². The zero-order valence-corrected chi connectivity index (χ0v) is 13.2. The van der Waals surface area contributed by atoms with E-state index in [9.17, 15) is 0 Å². The summed E-state index contributed by atoms with van der Waals surface area (Å²) in [5.74, 6) is 0.527. The molecule has 0 fully saturated rings. The SMILES string of the molecule is C[C@@H](I)[C@H]1c2ccccc2-c2ccc(Br)cc21. The number of rotatable bonds is 1. The third kappa shape index (κ3) is 1.85. The first kappa shape index (κ1) is 11.7. The molecule has 0 nitrogen and oxygen atoms in total. The van der Waals surface area contributed by atoms with Crippen LogP contribution in [0.3, 0.4) is 0 Å². The van der Waals surface area contributed by atoms with E-state index in [0.717, 1.165) is 0 Å². The maximum Gasteiger partial charge on any atom is 0.0217 e. The largest absolute Gasteiger partial charge is 0.0819 e. The number of benzene rings is 2. The molecule has 17 heavy (non-hydrogen) atoms. The van der Waals surface area contributed by atoms with Crippen molar-refractivity contribution in [1.29, 1.82) is 0 Å². The van der Waals surface area contributed by atoms with Crippen molar-refractivity contribution in [2.24, 2.45) is 0 Å². The Morgan fingerprint density at radius 3 is 2.53 bits per heavy atom. The Bertz CT molecular complexity index is 575. The van der Waals surface area contributed by atoms with Crippen molar-refractivity contribution in [2.75, 3.05) is 0 Å². The van der Waals surface area contributed by atoms with Crippen molar-refractivity contribution in [3.05, 3.63) is 58.1 Å². The minimum atomic E-state index is 0.527. The predicted octanol–water partition coefficient (Wildman–Crippen LogP) is 5.38. The lowest BCUT2D eigenvalue weighted by molar-refractivity contribution is 0.841. The Morgan fingerprint density at radius 1 is 1.06 bits per heavy atom. The maximum atomic E-state index is 3.58. The van der Waals surface area contributed by atoms with Gasteiger partial charge in [-0.3, -0.25) is 0 Å². The molecule has 86 valence electrons. The van der Waals surface area contributed by atoms with Crippen LogP contribution in [0.2, 0.25) is 0 Å². The predicted molar refractivity (Wildman–Crippen MR) is 84.9 cm³/mol. The summed E-state index contributed by atoms with van der Waals surface area (Å²) in [5.41, 5.74) is 5.74. The highest BCUT2D eigenvalue weighted by Gasteiger charge is 2.31. The molecule has 0 N–H and O–H groups in total.